The van der Waals surface area contributed by atoms with Gasteiger partial charge in [-0.05, 0) is 43.0 Å². The molecule has 0 bridgehead atoms. The van der Waals surface area contributed by atoms with Crippen LogP contribution in [0.1, 0.15) is 18.4 Å². The average Bonchev–Trinajstić information content (AvgIpc) is 2.21. The molecule has 0 saturated heterocycles. The van der Waals surface area contributed by atoms with Crippen molar-refractivity contribution >= 4 is 23.2 Å². The zero-order valence-electron chi connectivity index (χ0n) is 9.05. The Morgan fingerprint density at radius 1 is 1.25 bits per heavy atom. The maximum atomic E-state index is 5.94. The molecule has 88 valence electrons. The summed E-state index contributed by atoms with van der Waals surface area (Å²) in [7, 11) is 0. The Bertz CT molecular complexity index is 362. The molecule has 1 saturated carbocycles. The summed E-state index contributed by atoms with van der Waals surface area (Å²) in [6.07, 6.45) is 2.29. The maximum absolute atomic E-state index is 5.94. The molecule has 16 heavy (non-hydrogen) atoms. The van der Waals surface area contributed by atoms with E-state index in [1.807, 2.05) is 18.2 Å². The second-order valence-corrected chi connectivity index (χ2v) is 5.29. The molecule has 2 nitrogen and oxygen atoms in total. The second kappa shape index (κ2) is 5.37. The van der Waals surface area contributed by atoms with Gasteiger partial charge in [-0.25, -0.2) is 0 Å². The van der Waals surface area contributed by atoms with Crippen molar-refractivity contribution in [1.29, 1.82) is 0 Å². The monoisotopic (exact) mass is 258 g/mol. The number of halogens is 2. The summed E-state index contributed by atoms with van der Waals surface area (Å²) in [4.78, 5) is 0. The highest BCUT2D eigenvalue weighted by Crippen LogP contribution is 2.25. The van der Waals surface area contributed by atoms with Crippen LogP contribution in [0.25, 0.3) is 0 Å². The fraction of sp³-hybridized carbons (Fsp3) is 0.500. The van der Waals surface area contributed by atoms with Gasteiger partial charge in [-0.3, -0.25) is 0 Å². The van der Waals surface area contributed by atoms with E-state index in [9.17, 15) is 0 Å². The molecular weight excluding hydrogens is 243 g/mol. The Labute approximate surface area is 106 Å². The highest BCUT2D eigenvalue weighted by molar-refractivity contribution is 6.42. The van der Waals surface area contributed by atoms with Gasteiger partial charge in [0.15, 0.2) is 0 Å². The minimum absolute atomic E-state index is 0.428. The summed E-state index contributed by atoms with van der Waals surface area (Å²) in [6.45, 7) is 1.87. The number of benzene rings is 1. The third-order valence-electron chi connectivity index (χ3n) is 3.02. The topological polar surface area (TPSA) is 38.0 Å². The van der Waals surface area contributed by atoms with Crippen LogP contribution in [0.2, 0.25) is 10.0 Å². The predicted octanol–water partition coefficient (Wildman–Crippen LogP) is 2.82. The van der Waals surface area contributed by atoms with Crippen LogP contribution in [-0.4, -0.2) is 12.6 Å². The van der Waals surface area contributed by atoms with Crippen molar-refractivity contribution < 1.29 is 0 Å². The Hall–Kier alpha value is -0.280. The van der Waals surface area contributed by atoms with Crippen molar-refractivity contribution in [3.8, 4) is 0 Å². The van der Waals surface area contributed by atoms with E-state index in [4.69, 9.17) is 28.9 Å². The summed E-state index contributed by atoms with van der Waals surface area (Å²) in [6, 6.07) is 6.16. The summed E-state index contributed by atoms with van der Waals surface area (Å²) in [5.74, 6) is 0.748. The van der Waals surface area contributed by atoms with Gasteiger partial charge in [0, 0.05) is 12.6 Å². The molecule has 1 fully saturated rings. The summed E-state index contributed by atoms with van der Waals surface area (Å²) < 4.78 is 0. The predicted molar refractivity (Wildman–Crippen MR) is 68.9 cm³/mol. The maximum Gasteiger partial charge on any atom is 0.0595 e. The molecule has 0 amide bonds. The van der Waals surface area contributed by atoms with E-state index in [1.54, 1.807) is 0 Å². The van der Waals surface area contributed by atoms with E-state index < -0.39 is 0 Å². The summed E-state index contributed by atoms with van der Waals surface area (Å²) >= 11 is 11.8. The Morgan fingerprint density at radius 2 is 2.00 bits per heavy atom. The quantitative estimate of drug-likeness (QED) is 0.872. The van der Waals surface area contributed by atoms with Crippen molar-refractivity contribution in [3.05, 3.63) is 33.8 Å². The lowest BCUT2D eigenvalue weighted by Crippen LogP contribution is -2.41. The van der Waals surface area contributed by atoms with E-state index >= 15 is 0 Å². The highest BCUT2D eigenvalue weighted by Gasteiger charge is 2.24. The smallest absolute Gasteiger partial charge is 0.0595 e. The molecule has 1 aliphatic rings. The molecule has 0 heterocycles. The molecule has 2 rings (SSSR count). The molecule has 1 aromatic rings. The molecular formula is C12H16Cl2N2. The second-order valence-electron chi connectivity index (χ2n) is 4.48. The van der Waals surface area contributed by atoms with E-state index in [2.05, 4.69) is 5.32 Å². The lowest BCUT2D eigenvalue weighted by atomic mass is 9.81. The van der Waals surface area contributed by atoms with Crippen LogP contribution in [0.15, 0.2) is 18.2 Å². The first-order chi connectivity index (χ1) is 7.65. The van der Waals surface area contributed by atoms with Crippen LogP contribution in [0, 0.1) is 5.92 Å². The first-order valence-electron chi connectivity index (χ1n) is 5.55. The molecule has 1 aromatic carbocycles. The molecule has 1 aliphatic carbocycles. The Kier molecular flexibility index (Phi) is 4.09. The van der Waals surface area contributed by atoms with Gasteiger partial charge in [0.05, 0.1) is 10.0 Å². The molecule has 0 radical (unpaired) electrons. The first-order valence-corrected chi connectivity index (χ1v) is 6.31. The van der Waals surface area contributed by atoms with Crippen LogP contribution in [0.3, 0.4) is 0 Å². The van der Waals surface area contributed by atoms with Crippen LogP contribution in [-0.2, 0) is 6.54 Å². The van der Waals surface area contributed by atoms with Gasteiger partial charge < -0.3 is 11.1 Å². The van der Waals surface area contributed by atoms with Crippen molar-refractivity contribution in [2.45, 2.75) is 25.4 Å². The molecule has 0 atom stereocenters. The highest BCUT2D eigenvalue weighted by atomic mass is 35.5. The van der Waals surface area contributed by atoms with E-state index in [0.717, 1.165) is 37.4 Å². The molecule has 0 spiro atoms. The van der Waals surface area contributed by atoms with Gasteiger partial charge in [-0.1, -0.05) is 29.3 Å². The van der Waals surface area contributed by atoms with Crippen molar-refractivity contribution in [2.24, 2.45) is 11.7 Å². The minimum Gasteiger partial charge on any atom is -0.328 e. The van der Waals surface area contributed by atoms with Crippen LogP contribution in [0.5, 0.6) is 0 Å². The minimum atomic E-state index is 0.428. The normalized spacial score (nSPS) is 24.2. The zero-order valence-corrected chi connectivity index (χ0v) is 10.6. The molecule has 0 aromatic heterocycles. The van der Waals surface area contributed by atoms with Gasteiger partial charge >= 0.3 is 0 Å². The van der Waals surface area contributed by atoms with Crippen LogP contribution in [0.4, 0.5) is 0 Å². The third kappa shape index (κ3) is 3.11. The molecule has 0 unspecified atom stereocenters. The van der Waals surface area contributed by atoms with E-state index in [1.165, 1.54) is 0 Å². The average molecular weight is 259 g/mol. The van der Waals surface area contributed by atoms with Gasteiger partial charge in [0.25, 0.3) is 0 Å². The largest absolute Gasteiger partial charge is 0.328 e. The van der Waals surface area contributed by atoms with Crippen molar-refractivity contribution in [1.82, 2.24) is 5.32 Å². The van der Waals surface area contributed by atoms with Gasteiger partial charge in [-0.2, -0.15) is 0 Å². The molecule has 0 aliphatic heterocycles. The molecule has 3 N–H and O–H groups in total. The van der Waals surface area contributed by atoms with Gasteiger partial charge in [0.2, 0.25) is 0 Å². The van der Waals surface area contributed by atoms with Crippen molar-refractivity contribution in [3.63, 3.8) is 0 Å². The Morgan fingerprint density at radius 3 is 2.62 bits per heavy atom. The van der Waals surface area contributed by atoms with Gasteiger partial charge in [0.1, 0.15) is 0 Å². The number of hydrogen-bond donors (Lipinski definition) is 2. The van der Waals surface area contributed by atoms with Gasteiger partial charge in [-0.15, -0.1) is 0 Å². The fourth-order valence-corrected chi connectivity index (χ4v) is 2.34. The Balaban J connectivity index is 1.74. The standard InChI is InChI=1S/C12H16Cl2N2/c13-11-2-1-8(5-12(11)14)6-16-7-9-3-10(15)4-9/h1-2,5,9-10,16H,3-4,6-7,15H2. The first kappa shape index (κ1) is 12.2. The SMILES string of the molecule is NC1CC(CNCc2ccc(Cl)c(Cl)c2)C1. The lowest BCUT2D eigenvalue weighted by molar-refractivity contribution is 0.256. The van der Waals surface area contributed by atoms with E-state index in [0.29, 0.717) is 16.1 Å². The number of nitrogens with one attached hydrogen (secondary N) is 1. The van der Waals surface area contributed by atoms with E-state index in [-0.39, 0.29) is 0 Å². The van der Waals surface area contributed by atoms with Crippen LogP contribution >= 0.6 is 23.2 Å². The summed E-state index contributed by atoms with van der Waals surface area (Å²) in [5, 5.41) is 4.64. The molecule has 4 heteroatoms. The number of nitrogens with two attached hydrogens (primary N) is 1. The van der Waals surface area contributed by atoms with Crippen LogP contribution < -0.4 is 11.1 Å². The number of rotatable bonds is 4. The zero-order chi connectivity index (χ0) is 11.5. The fourth-order valence-electron chi connectivity index (χ4n) is 2.02. The lowest BCUT2D eigenvalue weighted by Gasteiger charge is -2.32. The third-order valence-corrected chi connectivity index (χ3v) is 3.76. The number of hydrogen-bond acceptors (Lipinski definition) is 2. The summed E-state index contributed by atoms with van der Waals surface area (Å²) in [5.41, 5.74) is 6.89. The van der Waals surface area contributed by atoms with Crippen molar-refractivity contribution in [2.75, 3.05) is 6.54 Å².